The van der Waals surface area contributed by atoms with Crippen molar-refractivity contribution in [2.24, 2.45) is 23.7 Å². The van der Waals surface area contributed by atoms with E-state index in [0.717, 1.165) is 19.3 Å². The molecule has 6 fully saturated rings. The molecule has 19 heavy (non-hydrogen) atoms. The minimum atomic E-state index is -0.607. The first-order valence-electron chi connectivity index (χ1n) is 7.36. The summed E-state index contributed by atoms with van der Waals surface area (Å²) in [5.41, 5.74) is 0. The Hall–Kier alpha value is -0.490. The normalized spacial score (nSPS) is 48.7. The quantitative estimate of drug-likeness (QED) is 0.646. The van der Waals surface area contributed by atoms with Crippen LogP contribution in [0, 0.1) is 23.7 Å². The summed E-state index contributed by atoms with van der Waals surface area (Å²) in [6, 6.07) is 0. The van der Waals surface area contributed by atoms with E-state index >= 15 is 0 Å². The Morgan fingerprint density at radius 3 is 1.58 bits per heavy atom. The molecular weight excluding hydrogens is 248 g/mol. The highest BCUT2D eigenvalue weighted by Gasteiger charge is 2.73. The van der Waals surface area contributed by atoms with Crippen LogP contribution < -0.4 is 0 Å². The SMILES string of the molecule is O=C1C2CC3CC(CC1C31OCCO1)C21OCCO1. The lowest BCUT2D eigenvalue weighted by atomic mass is 9.50. The molecule has 0 radical (unpaired) electrons. The summed E-state index contributed by atoms with van der Waals surface area (Å²) in [5.74, 6) is -0.503. The number of hydrogen-bond donors (Lipinski definition) is 0. The number of carbonyl (C=O) groups is 1. The highest BCUT2D eigenvalue weighted by Crippen LogP contribution is 2.64. The minimum absolute atomic E-state index is 0.101. The largest absolute Gasteiger partial charge is 0.346 e. The lowest BCUT2D eigenvalue weighted by Gasteiger charge is -2.62. The van der Waals surface area contributed by atoms with Crippen LogP contribution in [0.25, 0.3) is 0 Å². The molecule has 6 rings (SSSR count). The van der Waals surface area contributed by atoms with Crippen molar-refractivity contribution < 1.29 is 23.7 Å². The summed E-state index contributed by atoms with van der Waals surface area (Å²) >= 11 is 0. The van der Waals surface area contributed by atoms with Gasteiger partial charge in [0.2, 0.25) is 0 Å². The molecule has 0 N–H and O–H groups in total. The van der Waals surface area contributed by atoms with Crippen LogP contribution in [0.1, 0.15) is 19.3 Å². The molecule has 2 heterocycles. The number of Topliss-reactive ketones (excluding diaryl/α,β-unsaturated/α-hetero) is 1. The fourth-order valence-corrected chi connectivity index (χ4v) is 5.29. The molecule has 4 bridgehead atoms. The van der Waals surface area contributed by atoms with Crippen molar-refractivity contribution in [3.63, 3.8) is 0 Å². The summed E-state index contributed by atoms with van der Waals surface area (Å²) < 4.78 is 23.7. The standard InChI is InChI=1S/C14H18O5/c15-12-10-7-9-5-8(13(10)16-1-2-17-13)6-11(12)14(9)18-3-4-19-14/h8-11H,1-7H2. The molecule has 4 atom stereocenters. The van der Waals surface area contributed by atoms with E-state index in [0.29, 0.717) is 38.3 Å². The second-order valence-electron chi connectivity index (χ2n) is 6.45. The zero-order valence-corrected chi connectivity index (χ0v) is 10.8. The van der Waals surface area contributed by atoms with Crippen molar-refractivity contribution in [2.45, 2.75) is 30.8 Å². The average molecular weight is 266 g/mol. The molecule has 0 aromatic heterocycles. The predicted molar refractivity (Wildman–Crippen MR) is 62.1 cm³/mol. The lowest BCUT2D eigenvalue weighted by molar-refractivity contribution is -0.337. The van der Waals surface area contributed by atoms with Crippen molar-refractivity contribution in [3.8, 4) is 0 Å². The van der Waals surface area contributed by atoms with Crippen LogP contribution >= 0.6 is 0 Å². The number of carbonyl (C=O) groups excluding carboxylic acids is 1. The third-order valence-electron chi connectivity index (χ3n) is 5.88. The Morgan fingerprint density at radius 2 is 1.16 bits per heavy atom. The molecule has 4 unspecified atom stereocenters. The van der Waals surface area contributed by atoms with Crippen LogP contribution in [0.3, 0.4) is 0 Å². The van der Waals surface area contributed by atoms with E-state index in [9.17, 15) is 4.79 Å². The fraction of sp³-hybridized carbons (Fsp3) is 0.929. The van der Waals surface area contributed by atoms with E-state index in [1.807, 2.05) is 0 Å². The Bertz CT molecular complexity index is 397. The fourth-order valence-electron chi connectivity index (χ4n) is 5.29. The third kappa shape index (κ3) is 1.11. The van der Waals surface area contributed by atoms with Gasteiger partial charge in [-0.15, -0.1) is 0 Å². The van der Waals surface area contributed by atoms with E-state index in [-0.39, 0.29) is 17.6 Å². The summed E-state index contributed by atoms with van der Waals surface area (Å²) in [7, 11) is 0. The number of ketones is 1. The molecular formula is C14H18O5. The monoisotopic (exact) mass is 266 g/mol. The van der Waals surface area contributed by atoms with Gasteiger partial charge in [0.15, 0.2) is 11.6 Å². The molecule has 5 heteroatoms. The molecule has 2 spiro atoms. The van der Waals surface area contributed by atoms with Crippen LogP contribution in [0.15, 0.2) is 0 Å². The van der Waals surface area contributed by atoms with Crippen LogP contribution in [0.2, 0.25) is 0 Å². The second-order valence-corrected chi connectivity index (χ2v) is 6.45. The molecule has 4 saturated carbocycles. The molecule has 5 nitrogen and oxygen atoms in total. The first-order valence-corrected chi connectivity index (χ1v) is 7.36. The van der Waals surface area contributed by atoms with Gasteiger partial charge in [0.25, 0.3) is 0 Å². The second kappa shape index (κ2) is 3.39. The molecule has 0 aromatic rings. The molecule has 2 saturated heterocycles. The Labute approximate surface area is 111 Å². The first-order chi connectivity index (χ1) is 9.26. The van der Waals surface area contributed by atoms with Gasteiger partial charge in [-0.2, -0.15) is 0 Å². The predicted octanol–water partition coefficient (Wildman–Crippen LogP) is 0.718. The Balaban J connectivity index is 1.58. The van der Waals surface area contributed by atoms with Crippen LogP contribution in [0.4, 0.5) is 0 Å². The zero-order chi connectivity index (χ0) is 12.7. The van der Waals surface area contributed by atoms with Crippen molar-refractivity contribution in [2.75, 3.05) is 26.4 Å². The molecule has 0 aromatic carbocycles. The van der Waals surface area contributed by atoms with Crippen molar-refractivity contribution >= 4 is 5.78 Å². The lowest BCUT2D eigenvalue weighted by Crippen LogP contribution is -2.71. The molecule has 104 valence electrons. The van der Waals surface area contributed by atoms with E-state index < -0.39 is 11.6 Å². The highest BCUT2D eigenvalue weighted by molar-refractivity contribution is 5.88. The Kier molecular flexibility index (Phi) is 2.00. The van der Waals surface area contributed by atoms with Crippen molar-refractivity contribution in [3.05, 3.63) is 0 Å². The van der Waals surface area contributed by atoms with Gasteiger partial charge in [-0.05, 0) is 19.3 Å². The topological polar surface area (TPSA) is 54.0 Å². The maximum absolute atomic E-state index is 12.8. The van der Waals surface area contributed by atoms with Gasteiger partial charge in [-0.3, -0.25) is 4.79 Å². The molecule has 4 aliphatic carbocycles. The van der Waals surface area contributed by atoms with E-state index in [1.165, 1.54) is 0 Å². The summed E-state index contributed by atoms with van der Waals surface area (Å²) in [5, 5.41) is 0. The van der Waals surface area contributed by atoms with Crippen LogP contribution in [-0.2, 0) is 23.7 Å². The molecule has 0 amide bonds. The number of ether oxygens (including phenoxy) is 4. The van der Waals surface area contributed by atoms with Crippen molar-refractivity contribution in [1.82, 2.24) is 0 Å². The smallest absolute Gasteiger partial charge is 0.181 e. The zero-order valence-electron chi connectivity index (χ0n) is 10.8. The van der Waals surface area contributed by atoms with Gasteiger partial charge in [-0.25, -0.2) is 0 Å². The Morgan fingerprint density at radius 1 is 0.737 bits per heavy atom. The van der Waals surface area contributed by atoms with Gasteiger partial charge < -0.3 is 18.9 Å². The van der Waals surface area contributed by atoms with Crippen molar-refractivity contribution in [1.29, 1.82) is 0 Å². The van der Waals surface area contributed by atoms with E-state index in [4.69, 9.17) is 18.9 Å². The first kappa shape index (κ1) is 11.2. The summed E-state index contributed by atoms with van der Waals surface area (Å²) in [4.78, 5) is 12.8. The molecule has 6 aliphatic rings. The number of rotatable bonds is 0. The minimum Gasteiger partial charge on any atom is -0.346 e. The molecule has 2 aliphatic heterocycles. The maximum atomic E-state index is 12.8. The highest BCUT2D eigenvalue weighted by atomic mass is 16.7. The summed E-state index contributed by atoms with van der Waals surface area (Å²) in [6.07, 6.45) is 2.60. The summed E-state index contributed by atoms with van der Waals surface area (Å²) in [6.45, 7) is 2.48. The number of hydrogen-bond acceptors (Lipinski definition) is 5. The van der Waals surface area contributed by atoms with Gasteiger partial charge in [0, 0.05) is 11.8 Å². The van der Waals surface area contributed by atoms with Crippen LogP contribution in [-0.4, -0.2) is 43.8 Å². The van der Waals surface area contributed by atoms with Crippen LogP contribution in [0.5, 0.6) is 0 Å². The van der Waals surface area contributed by atoms with E-state index in [2.05, 4.69) is 0 Å². The van der Waals surface area contributed by atoms with Gasteiger partial charge in [0.1, 0.15) is 5.78 Å². The van der Waals surface area contributed by atoms with E-state index in [1.54, 1.807) is 0 Å². The average Bonchev–Trinajstić information content (AvgIpc) is 3.05. The third-order valence-corrected chi connectivity index (χ3v) is 5.88. The maximum Gasteiger partial charge on any atom is 0.181 e. The van der Waals surface area contributed by atoms with Gasteiger partial charge >= 0.3 is 0 Å². The van der Waals surface area contributed by atoms with Gasteiger partial charge in [0.05, 0.1) is 38.3 Å². The van der Waals surface area contributed by atoms with Gasteiger partial charge in [-0.1, -0.05) is 0 Å².